The number of nitrogens with zero attached hydrogens (tertiary/aromatic N) is 2. The van der Waals surface area contributed by atoms with Gasteiger partial charge in [-0.1, -0.05) is 11.6 Å². The molecule has 7 nitrogen and oxygen atoms in total. The van der Waals surface area contributed by atoms with E-state index in [2.05, 4.69) is 10.2 Å². The number of piperidine rings is 2. The van der Waals surface area contributed by atoms with Gasteiger partial charge in [0.25, 0.3) is 5.91 Å². The van der Waals surface area contributed by atoms with E-state index in [-0.39, 0.29) is 11.9 Å². The van der Waals surface area contributed by atoms with Crippen LogP contribution >= 0.6 is 23.4 Å². The third-order valence-corrected chi connectivity index (χ3v) is 7.43. The van der Waals surface area contributed by atoms with Gasteiger partial charge in [0.15, 0.2) is 0 Å². The van der Waals surface area contributed by atoms with Crippen LogP contribution in [0.1, 0.15) is 42.5 Å². The SMILES string of the molecule is COc1cc(N)c(Cl)cc1C(=O)NC1CCN(CC2CCN(C(=O)CCSC)CC2)CC1. The summed E-state index contributed by atoms with van der Waals surface area (Å²) in [4.78, 5) is 29.5. The van der Waals surface area contributed by atoms with Crippen LogP contribution in [0.5, 0.6) is 5.75 Å². The molecule has 0 saturated carbocycles. The van der Waals surface area contributed by atoms with Crippen molar-refractivity contribution in [3.63, 3.8) is 0 Å². The number of carbonyl (C=O) groups excluding carboxylic acids is 2. The first-order chi connectivity index (χ1) is 15.4. The number of nitrogen functional groups attached to an aromatic ring is 1. The van der Waals surface area contributed by atoms with Crippen molar-refractivity contribution in [2.45, 2.75) is 38.1 Å². The highest BCUT2D eigenvalue weighted by molar-refractivity contribution is 7.98. The van der Waals surface area contributed by atoms with Crippen molar-refractivity contribution in [1.82, 2.24) is 15.1 Å². The van der Waals surface area contributed by atoms with E-state index in [1.165, 1.54) is 7.11 Å². The molecule has 2 aliphatic heterocycles. The average Bonchev–Trinajstić information content (AvgIpc) is 2.80. The second-order valence-corrected chi connectivity index (χ2v) is 10.1. The van der Waals surface area contributed by atoms with Crippen LogP contribution in [0.2, 0.25) is 5.02 Å². The largest absolute Gasteiger partial charge is 0.496 e. The number of nitrogens with two attached hydrogens (primary N) is 1. The maximum absolute atomic E-state index is 12.8. The molecule has 9 heteroatoms. The van der Waals surface area contributed by atoms with E-state index < -0.39 is 0 Å². The first-order valence-corrected chi connectivity index (χ1v) is 13.1. The Morgan fingerprint density at radius 3 is 2.50 bits per heavy atom. The third-order valence-electron chi connectivity index (χ3n) is 6.49. The number of anilines is 1. The van der Waals surface area contributed by atoms with Crippen molar-refractivity contribution < 1.29 is 14.3 Å². The lowest BCUT2D eigenvalue weighted by molar-refractivity contribution is -0.132. The number of ether oxygens (including phenoxy) is 1. The number of nitrogens with one attached hydrogen (secondary N) is 1. The minimum Gasteiger partial charge on any atom is -0.496 e. The molecule has 0 aliphatic carbocycles. The molecule has 2 amide bonds. The number of rotatable bonds is 8. The summed E-state index contributed by atoms with van der Waals surface area (Å²) in [5, 5.41) is 3.47. The lowest BCUT2D eigenvalue weighted by atomic mass is 9.94. The van der Waals surface area contributed by atoms with Gasteiger partial charge >= 0.3 is 0 Å². The Bertz CT molecular complexity index is 794. The topological polar surface area (TPSA) is 87.9 Å². The zero-order valence-electron chi connectivity index (χ0n) is 19.1. The van der Waals surface area contributed by atoms with Crippen molar-refractivity contribution in [1.29, 1.82) is 0 Å². The Kier molecular flexibility index (Phi) is 9.37. The average molecular weight is 483 g/mol. The Balaban J connectivity index is 1.41. The summed E-state index contributed by atoms with van der Waals surface area (Å²) in [5.41, 5.74) is 6.62. The Hall–Kier alpha value is -1.64. The van der Waals surface area contributed by atoms with Crippen molar-refractivity contribution in [3.8, 4) is 5.75 Å². The summed E-state index contributed by atoms with van der Waals surface area (Å²) in [6, 6.07) is 3.29. The van der Waals surface area contributed by atoms with E-state index in [4.69, 9.17) is 22.1 Å². The van der Waals surface area contributed by atoms with Crippen molar-refractivity contribution >= 4 is 40.9 Å². The van der Waals surface area contributed by atoms with Gasteiger partial charge < -0.3 is 25.6 Å². The Morgan fingerprint density at radius 1 is 1.19 bits per heavy atom. The van der Waals surface area contributed by atoms with Gasteiger partial charge in [0.05, 0.1) is 23.4 Å². The number of methoxy groups -OCH3 is 1. The molecule has 0 bridgehead atoms. The Labute approximate surface area is 200 Å². The number of hydrogen-bond donors (Lipinski definition) is 2. The molecule has 0 atom stereocenters. The molecule has 2 aliphatic rings. The lowest BCUT2D eigenvalue weighted by Crippen LogP contribution is -2.47. The van der Waals surface area contributed by atoms with Crippen LogP contribution in [-0.2, 0) is 4.79 Å². The number of carbonyl (C=O) groups is 2. The van der Waals surface area contributed by atoms with Gasteiger partial charge in [-0.25, -0.2) is 0 Å². The molecule has 2 fully saturated rings. The van der Waals surface area contributed by atoms with Gasteiger partial charge in [-0.2, -0.15) is 11.8 Å². The number of hydrogen-bond acceptors (Lipinski definition) is 6. The fraction of sp³-hybridized carbons (Fsp3) is 0.652. The number of benzene rings is 1. The van der Waals surface area contributed by atoms with Crippen LogP contribution in [0.15, 0.2) is 12.1 Å². The van der Waals surface area contributed by atoms with Crippen LogP contribution in [0.4, 0.5) is 5.69 Å². The molecule has 0 unspecified atom stereocenters. The summed E-state index contributed by atoms with van der Waals surface area (Å²) in [5.74, 6) is 2.10. The predicted octanol–water partition coefficient (Wildman–Crippen LogP) is 3.12. The molecular formula is C23H35ClN4O3S. The second-order valence-electron chi connectivity index (χ2n) is 8.69. The molecule has 3 rings (SSSR count). The molecule has 178 valence electrons. The predicted molar refractivity (Wildman–Crippen MR) is 132 cm³/mol. The minimum atomic E-state index is -0.180. The van der Waals surface area contributed by atoms with E-state index >= 15 is 0 Å². The Morgan fingerprint density at radius 2 is 1.88 bits per heavy atom. The normalized spacial score (nSPS) is 18.5. The van der Waals surface area contributed by atoms with Gasteiger partial charge in [0.2, 0.25) is 5.91 Å². The molecule has 2 saturated heterocycles. The third kappa shape index (κ3) is 6.68. The smallest absolute Gasteiger partial charge is 0.255 e. The minimum absolute atomic E-state index is 0.135. The monoisotopic (exact) mass is 482 g/mol. The molecule has 1 aromatic rings. The van der Waals surface area contributed by atoms with E-state index in [0.717, 1.165) is 64.2 Å². The summed E-state index contributed by atoms with van der Waals surface area (Å²) < 4.78 is 5.30. The van der Waals surface area contributed by atoms with E-state index in [1.54, 1.807) is 23.9 Å². The molecule has 32 heavy (non-hydrogen) atoms. The van der Waals surface area contributed by atoms with Gasteiger partial charge in [-0.05, 0) is 43.9 Å². The van der Waals surface area contributed by atoms with Crippen LogP contribution in [0.25, 0.3) is 0 Å². The maximum atomic E-state index is 12.8. The quantitative estimate of drug-likeness (QED) is 0.553. The van der Waals surface area contributed by atoms with Gasteiger partial charge in [0, 0.05) is 57.0 Å². The first kappa shape index (κ1) is 25.0. The number of likely N-dealkylation sites (tertiary alicyclic amines) is 2. The van der Waals surface area contributed by atoms with Crippen molar-refractivity contribution in [2.75, 3.05) is 57.6 Å². The maximum Gasteiger partial charge on any atom is 0.255 e. The highest BCUT2D eigenvalue weighted by Crippen LogP contribution is 2.29. The van der Waals surface area contributed by atoms with E-state index in [9.17, 15) is 9.59 Å². The molecule has 3 N–H and O–H groups in total. The summed E-state index contributed by atoms with van der Waals surface area (Å²) in [6.07, 6.45) is 6.70. The van der Waals surface area contributed by atoms with E-state index in [0.29, 0.717) is 40.3 Å². The fourth-order valence-corrected chi connectivity index (χ4v) is 5.06. The number of thioether (sulfide) groups is 1. The summed E-state index contributed by atoms with van der Waals surface area (Å²) in [7, 11) is 1.52. The molecule has 2 heterocycles. The van der Waals surface area contributed by atoms with Gasteiger partial charge in [-0.3, -0.25) is 9.59 Å². The molecule has 0 radical (unpaired) electrons. The zero-order chi connectivity index (χ0) is 23.1. The first-order valence-electron chi connectivity index (χ1n) is 11.3. The standard InChI is InChI=1S/C23H35ClN4O3S/c1-31-21-14-20(25)19(24)13-18(21)23(30)26-17-5-8-27(9-6-17)15-16-3-10-28(11-4-16)22(29)7-12-32-2/h13-14,16-17H,3-12,15,25H2,1-2H3,(H,26,30). The van der Waals surface area contributed by atoms with Crippen LogP contribution < -0.4 is 15.8 Å². The van der Waals surface area contributed by atoms with Crippen molar-refractivity contribution in [2.24, 2.45) is 5.92 Å². The van der Waals surface area contributed by atoms with Gasteiger partial charge in [0.1, 0.15) is 5.75 Å². The van der Waals surface area contributed by atoms with Crippen LogP contribution in [0.3, 0.4) is 0 Å². The van der Waals surface area contributed by atoms with Gasteiger partial charge in [-0.15, -0.1) is 0 Å². The van der Waals surface area contributed by atoms with Crippen LogP contribution in [0, 0.1) is 5.92 Å². The summed E-state index contributed by atoms with van der Waals surface area (Å²) >= 11 is 7.83. The molecular weight excluding hydrogens is 448 g/mol. The highest BCUT2D eigenvalue weighted by Gasteiger charge is 2.27. The number of halogens is 1. The fourth-order valence-electron chi connectivity index (χ4n) is 4.52. The molecule has 1 aromatic carbocycles. The van der Waals surface area contributed by atoms with Crippen LogP contribution in [-0.4, -0.2) is 79.5 Å². The lowest BCUT2D eigenvalue weighted by Gasteiger charge is -2.38. The molecule has 0 spiro atoms. The van der Waals surface area contributed by atoms with Crippen molar-refractivity contribution in [3.05, 3.63) is 22.7 Å². The van der Waals surface area contributed by atoms with E-state index in [1.807, 2.05) is 11.2 Å². The summed E-state index contributed by atoms with van der Waals surface area (Å²) in [6.45, 7) is 4.79. The number of amides is 2. The highest BCUT2D eigenvalue weighted by atomic mass is 35.5. The zero-order valence-corrected chi connectivity index (χ0v) is 20.6. The second kappa shape index (κ2) is 12.0. The molecule has 0 aromatic heterocycles.